The Hall–Kier alpha value is -2.22. The Morgan fingerprint density at radius 3 is 2.00 bits per heavy atom. The Kier molecular flexibility index (Phi) is 6.88. The zero-order chi connectivity index (χ0) is 21.9. The second-order valence-corrected chi connectivity index (χ2v) is 7.87. The molecule has 164 valence electrons. The van der Waals surface area contributed by atoms with Crippen LogP contribution in [-0.2, 0) is 14.8 Å². The van der Waals surface area contributed by atoms with E-state index in [-0.39, 0.29) is 26.2 Å². The minimum Gasteiger partial charge on any atom is -0.484 e. The molecule has 0 bridgehead atoms. The lowest BCUT2D eigenvalue weighted by molar-refractivity contribution is -0.154. The summed E-state index contributed by atoms with van der Waals surface area (Å²) in [7, 11) is -4.43. The van der Waals surface area contributed by atoms with E-state index in [2.05, 4.69) is 9.47 Å². The summed E-state index contributed by atoms with van der Waals surface area (Å²) in [5, 5.41) is 0. The summed E-state index contributed by atoms with van der Waals surface area (Å²) in [6, 6.07) is 2.35. The van der Waals surface area contributed by atoms with Gasteiger partial charge in [-0.3, -0.25) is 4.79 Å². The molecule has 1 aromatic rings. The predicted molar refractivity (Wildman–Crippen MR) is 85.9 cm³/mol. The third-order valence-electron chi connectivity index (χ3n) is 3.75. The van der Waals surface area contributed by atoms with E-state index >= 15 is 0 Å². The van der Waals surface area contributed by atoms with Gasteiger partial charge in [0.05, 0.1) is 0 Å². The zero-order valence-corrected chi connectivity index (χ0v) is 15.5. The van der Waals surface area contributed by atoms with Crippen LogP contribution in [0.15, 0.2) is 23.1 Å². The largest absolute Gasteiger partial charge is 0.484 e. The third-order valence-corrected chi connectivity index (χ3v) is 5.67. The molecule has 14 heteroatoms. The topological polar surface area (TPSA) is 76.2 Å². The number of benzene rings is 1. The van der Waals surface area contributed by atoms with Gasteiger partial charge in [0.25, 0.3) is 0 Å². The van der Waals surface area contributed by atoms with Gasteiger partial charge in [-0.1, -0.05) is 0 Å². The fraction of sp³-hybridized carbons (Fsp3) is 0.533. The van der Waals surface area contributed by atoms with Gasteiger partial charge >= 0.3 is 12.4 Å². The molecule has 1 aliphatic rings. The first-order valence-corrected chi connectivity index (χ1v) is 9.48. The monoisotopic (exact) mass is 450 g/mol. The molecule has 29 heavy (non-hydrogen) atoms. The molecule has 1 saturated heterocycles. The number of sulfonamides is 1. The van der Waals surface area contributed by atoms with Crippen molar-refractivity contribution >= 4 is 16.4 Å². The van der Waals surface area contributed by atoms with Crippen LogP contribution < -0.4 is 9.47 Å². The van der Waals surface area contributed by atoms with E-state index in [9.17, 15) is 39.6 Å². The number of amides is 1. The Bertz CT molecular complexity index is 819. The highest BCUT2D eigenvalue weighted by Gasteiger charge is 2.34. The molecule has 0 saturated carbocycles. The molecule has 0 unspecified atom stereocenters. The van der Waals surface area contributed by atoms with Crippen LogP contribution in [0.25, 0.3) is 0 Å². The number of alkyl halides is 6. The van der Waals surface area contributed by atoms with E-state index in [1.165, 1.54) is 4.90 Å². The van der Waals surface area contributed by atoms with Crippen LogP contribution in [-0.4, -0.2) is 75.8 Å². The molecule has 1 aromatic carbocycles. The van der Waals surface area contributed by atoms with Crippen molar-refractivity contribution in [3.05, 3.63) is 18.2 Å². The van der Waals surface area contributed by atoms with Gasteiger partial charge < -0.3 is 14.4 Å². The van der Waals surface area contributed by atoms with Gasteiger partial charge in [0.15, 0.2) is 13.2 Å². The molecule has 1 heterocycles. The van der Waals surface area contributed by atoms with Crippen LogP contribution >= 0.6 is 0 Å². The molecule has 1 fully saturated rings. The fourth-order valence-electron chi connectivity index (χ4n) is 2.41. The van der Waals surface area contributed by atoms with Crippen molar-refractivity contribution in [1.82, 2.24) is 9.21 Å². The van der Waals surface area contributed by atoms with Crippen molar-refractivity contribution in [2.75, 3.05) is 39.4 Å². The van der Waals surface area contributed by atoms with Gasteiger partial charge in [-0.25, -0.2) is 8.42 Å². The third kappa shape index (κ3) is 6.66. The maximum Gasteiger partial charge on any atom is 0.422 e. The number of halogens is 6. The molecule has 1 aliphatic heterocycles. The molecule has 0 aliphatic carbocycles. The molecule has 0 aromatic heterocycles. The predicted octanol–water partition coefficient (Wildman–Crippen LogP) is 2.03. The number of nitrogens with zero attached hydrogens (tertiary/aromatic N) is 2. The summed E-state index contributed by atoms with van der Waals surface area (Å²) in [5.74, 6) is -1.19. The molecule has 0 atom stereocenters. The lowest BCUT2D eigenvalue weighted by Gasteiger charge is -2.32. The maximum absolute atomic E-state index is 12.9. The molecule has 0 N–H and O–H groups in total. The summed E-state index contributed by atoms with van der Waals surface area (Å²) in [6.07, 6.45) is -8.94. The van der Waals surface area contributed by atoms with Crippen molar-refractivity contribution < 1.29 is 49.0 Å². The number of hydrogen-bond acceptors (Lipinski definition) is 5. The number of ether oxygens (including phenoxy) is 2. The highest BCUT2D eigenvalue weighted by Crippen LogP contribution is 2.33. The summed E-state index contributed by atoms with van der Waals surface area (Å²) >= 11 is 0. The van der Waals surface area contributed by atoms with Crippen molar-refractivity contribution in [3.63, 3.8) is 0 Å². The smallest absolute Gasteiger partial charge is 0.422 e. The van der Waals surface area contributed by atoms with E-state index in [1.54, 1.807) is 0 Å². The summed E-state index contributed by atoms with van der Waals surface area (Å²) in [5.41, 5.74) is 0. The summed E-state index contributed by atoms with van der Waals surface area (Å²) in [6.45, 7) is -3.71. The van der Waals surface area contributed by atoms with Gasteiger partial charge in [0.2, 0.25) is 16.4 Å². The highest BCUT2D eigenvalue weighted by atomic mass is 32.2. The Morgan fingerprint density at radius 1 is 0.931 bits per heavy atom. The van der Waals surface area contributed by atoms with Crippen LogP contribution in [0.5, 0.6) is 11.5 Å². The molecule has 0 spiro atoms. The van der Waals surface area contributed by atoms with Crippen LogP contribution in [0.2, 0.25) is 0 Å². The number of piperazine rings is 1. The van der Waals surface area contributed by atoms with Gasteiger partial charge in [0, 0.05) is 32.2 Å². The number of hydrogen-bond donors (Lipinski definition) is 0. The van der Waals surface area contributed by atoms with Crippen molar-refractivity contribution in [2.45, 2.75) is 17.2 Å². The van der Waals surface area contributed by atoms with Crippen molar-refractivity contribution in [1.29, 1.82) is 0 Å². The van der Waals surface area contributed by atoms with Crippen molar-refractivity contribution in [2.24, 2.45) is 0 Å². The quantitative estimate of drug-likeness (QED) is 0.470. The molecular weight excluding hydrogens is 434 g/mol. The van der Waals surface area contributed by atoms with Gasteiger partial charge in [-0.15, -0.1) is 0 Å². The van der Waals surface area contributed by atoms with Gasteiger partial charge in [-0.05, 0) is 12.1 Å². The standard InChI is InChI=1S/C15H16F6N2O5S/c16-14(17,18)8-27-11-1-2-12(28-9-15(19,20)21)13(7-11)29(25,26)23-5-3-22(10-24)4-6-23/h1-2,7,10H,3-6,8-9H2. The minimum atomic E-state index is -4.76. The SMILES string of the molecule is O=CN1CCN(S(=O)(=O)c2cc(OCC(F)(F)F)ccc2OCC(F)(F)F)CC1. The maximum atomic E-state index is 12.9. The second kappa shape index (κ2) is 8.65. The van der Waals surface area contributed by atoms with Crippen molar-refractivity contribution in [3.8, 4) is 11.5 Å². The van der Waals surface area contributed by atoms with E-state index in [0.29, 0.717) is 12.5 Å². The minimum absolute atomic E-state index is 0.0474. The Balaban J connectivity index is 2.34. The number of rotatable bonds is 7. The molecular formula is C15H16F6N2O5S. The van der Waals surface area contributed by atoms with E-state index in [4.69, 9.17) is 0 Å². The number of carbonyl (C=O) groups is 1. The van der Waals surface area contributed by atoms with Crippen LogP contribution in [0, 0.1) is 0 Å². The molecule has 2 rings (SSSR count). The molecule has 1 amide bonds. The average Bonchev–Trinajstić information content (AvgIpc) is 2.63. The zero-order valence-electron chi connectivity index (χ0n) is 14.7. The lowest BCUT2D eigenvalue weighted by Crippen LogP contribution is -2.48. The summed E-state index contributed by atoms with van der Waals surface area (Å²) < 4.78 is 110. The molecule has 0 radical (unpaired) electrons. The normalized spacial score (nSPS) is 16.6. The van der Waals surface area contributed by atoms with Crippen LogP contribution in [0.4, 0.5) is 26.3 Å². The fourth-order valence-corrected chi connectivity index (χ4v) is 3.98. The van der Waals surface area contributed by atoms with Gasteiger partial charge in [0.1, 0.15) is 16.4 Å². The number of carbonyl (C=O) groups excluding carboxylic acids is 1. The highest BCUT2D eigenvalue weighted by molar-refractivity contribution is 7.89. The van der Waals surface area contributed by atoms with E-state index in [1.807, 2.05) is 0 Å². The average molecular weight is 450 g/mol. The van der Waals surface area contributed by atoms with Crippen LogP contribution in [0.3, 0.4) is 0 Å². The first-order chi connectivity index (χ1) is 13.3. The Labute approximate surface area is 161 Å². The Morgan fingerprint density at radius 2 is 1.48 bits per heavy atom. The first kappa shape index (κ1) is 23.1. The van der Waals surface area contributed by atoms with E-state index in [0.717, 1.165) is 16.4 Å². The molecule has 7 nitrogen and oxygen atoms in total. The van der Waals surface area contributed by atoms with Crippen LogP contribution in [0.1, 0.15) is 0 Å². The van der Waals surface area contributed by atoms with Gasteiger partial charge in [-0.2, -0.15) is 30.6 Å². The van der Waals surface area contributed by atoms with E-state index < -0.39 is 52.0 Å². The first-order valence-electron chi connectivity index (χ1n) is 8.04. The lowest BCUT2D eigenvalue weighted by atomic mass is 10.3. The summed E-state index contributed by atoms with van der Waals surface area (Å²) in [4.78, 5) is 11.3. The second-order valence-electron chi connectivity index (χ2n) is 5.96.